The van der Waals surface area contributed by atoms with E-state index in [0.717, 1.165) is 17.0 Å². The van der Waals surface area contributed by atoms with E-state index in [2.05, 4.69) is 0 Å². The van der Waals surface area contributed by atoms with E-state index in [1.807, 2.05) is 18.4 Å². The van der Waals surface area contributed by atoms with Gasteiger partial charge in [-0.25, -0.2) is 4.39 Å². The number of hydrogen-bond donors (Lipinski definition) is 0. The van der Waals surface area contributed by atoms with Crippen LogP contribution in [0.15, 0.2) is 47.4 Å². The van der Waals surface area contributed by atoms with E-state index in [1.165, 1.54) is 17.8 Å². The smallest absolute Gasteiger partial charge is 0.276 e. The first kappa shape index (κ1) is 13.4. The van der Waals surface area contributed by atoms with Crippen molar-refractivity contribution in [1.29, 1.82) is 0 Å². The van der Waals surface area contributed by atoms with Crippen LogP contribution in [-0.4, -0.2) is 11.2 Å². The topological polar surface area (TPSA) is 52.4 Å². The Bertz CT molecular complexity index is 619. The zero-order chi connectivity index (χ0) is 13.8. The van der Waals surface area contributed by atoms with E-state index in [9.17, 15) is 14.5 Å². The summed E-state index contributed by atoms with van der Waals surface area (Å²) in [5, 5.41) is 10.7. The van der Waals surface area contributed by atoms with E-state index >= 15 is 0 Å². The predicted octanol–water partition coefficient (Wildman–Crippen LogP) is 4.25. The van der Waals surface area contributed by atoms with Gasteiger partial charge in [0.1, 0.15) is 17.3 Å². The standard InChI is InChI=1S/C13H10FNO3S/c1-19-13-5-3-2-4-12(13)18-11-7-9(14)6-10(8-11)15(16)17/h2-8H,1H3. The third-order valence-corrected chi connectivity index (χ3v) is 3.14. The lowest BCUT2D eigenvalue weighted by molar-refractivity contribution is -0.385. The van der Waals surface area contributed by atoms with Crippen LogP contribution in [0.1, 0.15) is 0 Å². The summed E-state index contributed by atoms with van der Waals surface area (Å²) in [6, 6.07) is 10.4. The summed E-state index contributed by atoms with van der Waals surface area (Å²) >= 11 is 1.48. The number of benzene rings is 2. The minimum absolute atomic E-state index is 0.105. The van der Waals surface area contributed by atoms with Crippen molar-refractivity contribution >= 4 is 17.4 Å². The van der Waals surface area contributed by atoms with Crippen molar-refractivity contribution in [2.45, 2.75) is 4.90 Å². The highest BCUT2D eigenvalue weighted by molar-refractivity contribution is 7.98. The van der Waals surface area contributed by atoms with Crippen LogP contribution in [0.4, 0.5) is 10.1 Å². The molecule has 0 saturated carbocycles. The Kier molecular flexibility index (Phi) is 4.01. The molecule has 0 radical (unpaired) electrons. The average Bonchev–Trinajstić information content (AvgIpc) is 2.38. The molecule has 19 heavy (non-hydrogen) atoms. The Morgan fingerprint density at radius 2 is 2.00 bits per heavy atom. The molecule has 0 N–H and O–H groups in total. The fourth-order valence-electron chi connectivity index (χ4n) is 1.54. The summed E-state index contributed by atoms with van der Waals surface area (Å²) in [5.41, 5.74) is -0.336. The molecule has 0 aliphatic rings. The molecule has 2 aromatic carbocycles. The summed E-state index contributed by atoms with van der Waals surface area (Å²) in [7, 11) is 0. The molecule has 0 aliphatic carbocycles. The zero-order valence-electron chi connectivity index (χ0n) is 10.00. The second-order valence-electron chi connectivity index (χ2n) is 3.66. The van der Waals surface area contributed by atoms with Crippen LogP contribution in [0, 0.1) is 15.9 Å². The highest BCUT2D eigenvalue weighted by Crippen LogP contribution is 2.32. The van der Waals surface area contributed by atoms with Crippen LogP contribution in [0.5, 0.6) is 11.5 Å². The number of ether oxygens (including phenoxy) is 1. The minimum atomic E-state index is -0.703. The van der Waals surface area contributed by atoms with Gasteiger partial charge in [-0.15, -0.1) is 11.8 Å². The van der Waals surface area contributed by atoms with E-state index in [-0.39, 0.29) is 11.4 Å². The Hall–Kier alpha value is -2.08. The Labute approximate surface area is 113 Å². The number of nitrogens with zero attached hydrogens (tertiary/aromatic N) is 1. The molecule has 0 unspecified atom stereocenters. The number of rotatable bonds is 4. The number of nitro groups is 1. The fraction of sp³-hybridized carbons (Fsp3) is 0.0769. The lowest BCUT2D eigenvalue weighted by Gasteiger charge is -2.09. The van der Waals surface area contributed by atoms with E-state index in [1.54, 1.807) is 12.1 Å². The fourth-order valence-corrected chi connectivity index (χ4v) is 2.07. The van der Waals surface area contributed by atoms with Crippen molar-refractivity contribution in [1.82, 2.24) is 0 Å². The number of nitro benzene ring substituents is 1. The summed E-state index contributed by atoms with van der Waals surface area (Å²) in [4.78, 5) is 10.9. The molecule has 0 amide bonds. The van der Waals surface area contributed by atoms with E-state index < -0.39 is 10.7 Å². The van der Waals surface area contributed by atoms with Crippen molar-refractivity contribution in [2.24, 2.45) is 0 Å². The maximum Gasteiger partial charge on any atom is 0.276 e. The van der Waals surface area contributed by atoms with Gasteiger partial charge >= 0.3 is 0 Å². The van der Waals surface area contributed by atoms with Crippen LogP contribution in [-0.2, 0) is 0 Å². The highest BCUT2D eigenvalue weighted by Gasteiger charge is 2.12. The van der Waals surface area contributed by atoms with Gasteiger partial charge in [-0.1, -0.05) is 12.1 Å². The van der Waals surface area contributed by atoms with Gasteiger partial charge < -0.3 is 4.74 Å². The van der Waals surface area contributed by atoms with Gasteiger partial charge in [-0.2, -0.15) is 0 Å². The second kappa shape index (κ2) is 5.71. The van der Waals surface area contributed by atoms with Gasteiger partial charge in [0.05, 0.1) is 17.1 Å². The molecule has 0 fully saturated rings. The van der Waals surface area contributed by atoms with Crippen molar-refractivity contribution < 1.29 is 14.1 Å². The van der Waals surface area contributed by atoms with Crippen molar-refractivity contribution in [2.75, 3.05) is 6.26 Å². The third-order valence-electron chi connectivity index (χ3n) is 2.36. The molecule has 0 atom stereocenters. The largest absolute Gasteiger partial charge is 0.456 e. The van der Waals surface area contributed by atoms with Gasteiger partial charge in [0.2, 0.25) is 0 Å². The third kappa shape index (κ3) is 3.23. The van der Waals surface area contributed by atoms with Crippen LogP contribution >= 0.6 is 11.8 Å². The minimum Gasteiger partial charge on any atom is -0.456 e. The van der Waals surface area contributed by atoms with Crippen molar-refractivity contribution in [3.8, 4) is 11.5 Å². The average molecular weight is 279 g/mol. The number of non-ortho nitro benzene ring substituents is 1. The quantitative estimate of drug-likeness (QED) is 0.477. The maximum absolute atomic E-state index is 13.3. The lowest BCUT2D eigenvalue weighted by Crippen LogP contribution is -1.92. The van der Waals surface area contributed by atoms with Crippen LogP contribution in [0.25, 0.3) is 0 Å². The van der Waals surface area contributed by atoms with Gasteiger partial charge in [0, 0.05) is 11.0 Å². The molecule has 4 nitrogen and oxygen atoms in total. The van der Waals surface area contributed by atoms with E-state index in [0.29, 0.717) is 5.75 Å². The molecule has 0 heterocycles. The molecular weight excluding hydrogens is 269 g/mol. The second-order valence-corrected chi connectivity index (χ2v) is 4.50. The first-order chi connectivity index (χ1) is 9.10. The molecule has 0 aromatic heterocycles. The number of para-hydroxylation sites is 1. The highest BCUT2D eigenvalue weighted by atomic mass is 32.2. The molecule has 0 aliphatic heterocycles. The van der Waals surface area contributed by atoms with Gasteiger partial charge in [0.25, 0.3) is 5.69 Å². The molecule has 6 heteroatoms. The van der Waals surface area contributed by atoms with Crippen molar-refractivity contribution in [3.05, 3.63) is 58.4 Å². The normalized spacial score (nSPS) is 10.2. The number of hydrogen-bond acceptors (Lipinski definition) is 4. The SMILES string of the molecule is CSc1ccccc1Oc1cc(F)cc([N+](=O)[O-])c1. The first-order valence-electron chi connectivity index (χ1n) is 5.36. The molecular formula is C13H10FNO3S. The monoisotopic (exact) mass is 279 g/mol. The molecule has 2 rings (SSSR count). The van der Waals surface area contributed by atoms with Crippen LogP contribution < -0.4 is 4.74 Å². The summed E-state index contributed by atoms with van der Waals surface area (Å²) in [6.07, 6.45) is 1.89. The lowest BCUT2D eigenvalue weighted by atomic mass is 10.3. The molecule has 98 valence electrons. The van der Waals surface area contributed by atoms with Gasteiger partial charge in [-0.3, -0.25) is 10.1 Å². The molecule has 0 saturated heterocycles. The van der Waals surface area contributed by atoms with Crippen molar-refractivity contribution in [3.63, 3.8) is 0 Å². The number of halogens is 1. The van der Waals surface area contributed by atoms with Gasteiger partial charge in [0.15, 0.2) is 0 Å². The summed E-state index contributed by atoms with van der Waals surface area (Å²) in [6.45, 7) is 0. The summed E-state index contributed by atoms with van der Waals surface area (Å²) in [5.74, 6) is -0.0612. The Morgan fingerprint density at radius 1 is 1.26 bits per heavy atom. The first-order valence-corrected chi connectivity index (χ1v) is 6.58. The van der Waals surface area contributed by atoms with Crippen LogP contribution in [0.2, 0.25) is 0 Å². The Balaban J connectivity index is 2.35. The van der Waals surface area contributed by atoms with E-state index in [4.69, 9.17) is 4.74 Å². The van der Waals surface area contributed by atoms with Crippen LogP contribution in [0.3, 0.4) is 0 Å². The number of thioether (sulfide) groups is 1. The predicted molar refractivity (Wildman–Crippen MR) is 71.4 cm³/mol. The maximum atomic E-state index is 13.3. The van der Waals surface area contributed by atoms with Gasteiger partial charge in [-0.05, 0) is 18.4 Å². The Morgan fingerprint density at radius 3 is 2.68 bits per heavy atom. The molecule has 2 aromatic rings. The summed E-state index contributed by atoms with van der Waals surface area (Å²) < 4.78 is 18.8. The molecule has 0 spiro atoms. The zero-order valence-corrected chi connectivity index (χ0v) is 10.8. The molecule has 0 bridgehead atoms.